The van der Waals surface area contributed by atoms with E-state index < -0.39 is 0 Å². The van der Waals surface area contributed by atoms with Crippen molar-refractivity contribution in [2.45, 2.75) is 19.9 Å². The lowest BCUT2D eigenvalue weighted by Gasteiger charge is -2.02. The molecule has 0 saturated carbocycles. The number of aromatic nitrogens is 2. The minimum atomic E-state index is 0.341. The van der Waals surface area contributed by atoms with Crippen LogP contribution >= 0.6 is 0 Å². The van der Waals surface area contributed by atoms with Crippen molar-refractivity contribution in [2.75, 3.05) is 5.73 Å². The average Bonchev–Trinajstić information content (AvgIpc) is 2.44. The number of rotatable bonds is 3. The maximum absolute atomic E-state index is 5.75. The van der Waals surface area contributed by atoms with Gasteiger partial charge in [0, 0.05) is 12.2 Å². The first-order chi connectivity index (χ1) is 6.15. The van der Waals surface area contributed by atoms with Crippen molar-refractivity contribution in [1.29, 1.82) is 0 Å². The molecular weight excluding hydrogens is 162 g/mol. The second-order valence-corrected chi connectivity index (χ2v) is 3.14. The fraction of sp³-hybridized carbons (Fsp3) is 0.300. The average molecular weight is 177 g/mol. The van der Waals surface area contributed by atoms with Crippen LogP contribution < -0.4 is 5.73 Å². The smallest absolute Gasteiger partial charge is 0.108 e. The summed E-state index contributed by atoms with van der Waals surface area (Å²) in [6.45, 7) is 7.71. The van der Waals surface area contributed by atoms with Crippen LogP contribution in [0, 0.1) is 0 Å². The van der Waals surface area contributed by atoms with Crippen LogP contribution in [0.25, 0.3) is 6.08 Å². The fourth-order valence-corrected chi connectivity index (χ4v) is 0.973. The first kappa shape index (κ1) is 9.58. The van der Waals surface area contributed by atoms with E-state index in [1.165, 1.54) is 0 Å². The third-order valence-corrected chi connectivity index (χ3v) is 1.71. The molecule has 0 aliphatic carbocycles. The molecule has 13 heavy (non-hydrogen) atoms. The number of nitrogens with two attached hydrogens (primary N) is 1. The van der Waals surface area contributed by atoms with Gasteiger partial charge in [-0.3, -0.25) is 4.68 Å². The van der Waals surface area contributed by atoms with Gasteiger partial charge < -0.3 is 5.73 Å². The number of hydrogen-bond acceptors (Lipinski definition) is 2. The Bertz CT molecular complexity index is 321. The summed E-state index contributed by atoms with van der Waals surface area (Å²) in [5, 5.41) is 4.30. The van der Waals surface area contributed by atoms with E-state index in [2.05, 4.69) is 25.5 Å². The number of hydrogen-bond donors (Lipinski definition) is 1. The Morgan fingerprint density at radius 2 is 2.31 bits per heavy atom. The van der Waals surface area contributed by atoms with Crippen molar-refractivity contribution in [3.05, 3.63) is 30.6 Å². The van der Waals surface area contributed by atoms with Crippen LogP contribution in [-0.2, 0) is 0 Å². The Balaban J connectivity index is 2.96. The standard InChI is InChI=1S/C10H15N3/c1-4-5-6-10-9(11)7-13(12-10)8(2)3/h4-8H,1,11H2,2-3H3/b6-5-. The highest BCUT2D eigenvalue weighted by Gasteiger charge is 2.04. The van der Waals surface area contributed by atoms with E-state index in [-0.39, 0.29) is 0 Å². The molecule has 0 atom stereocenters. The molecule has 1 aromatic rings. The van der Waals surface area contributed by atoms with E-state index in [1.54, 1.807) is 6.08 Å². The fourth-order valence-electron chi connectivity index (χ4n) is 0.973. The normalized spacial score (nSPS) is 11.3. The topological polar surface area (TPSA) is 43.8 Å². The molecule has 1 heterocycles. The second kappa shape index (κ2) is 3.94. The lowest BCUT2D eigenvalue weighted by atomic mass is 10.3. The van der Waals surface area contributed by atoms with Gasteiger partial charge in [-0.15, -0.1) is 0 Å². The van der Waals surface area contributed by atoms with E-state index in [9.17, 15) is 0 Å². The molecule has 0 aliphatic rings. The summed E-state index contributed by atoms with van der Waals surface area (Å²) in [6.07, 6.45) is 7.21. The van der Waals surface area contributed by atoms with Crippen LogP contribution in [0.5, 0.6) is 0 Å². The van der Waals surface area contributed by atoms with Gasteiger partial charge in [0.1, 0.15) is 5.69 Å². The third-order valence-electron chi connectivity index (χ3n) is 1.71. The summed E-state index contributed by atoms with van der Waals surface area (Å²) in [4.78, 5) is 0. The van der Waals surface area contributed by atoms with Crippen molar-refractivity contribution in [2.24, 2.45) is 0 Å². The van der Waals surface area contributed by atoms with Crippen molar-refractivity contribution >= 4 is 11.8 Å². The van der Waals surface area contributed by atoms with Crippen molar-refractivity contribution in [1.82, 2.24) is 9.78 Å². The molecule has 1 rings (SSSR count). The zero-order valence-electron chi connectivity index (χ0n) is 8.07. The van der Waals surface area contributed by atoms with Gasteiger partial charge in [-0.2, -0.15) is 5.10 Å². The molecule has 0 radical (unpaired) electrons. The molecule has 3 nitrogen and oxygen atoms in total. The van der Waals surface area contributed by atoms with E-state index in [0.717, 1.165) is 5.69 Å². The van der Waals surface area contributed by atoms with Crippen LogP contribution in [0.3, 0.4) is 0 Å². The van der Waals surface area contributed by atoms with Gasteiger partial charge in [-0.25, -0.2) is 0 Å². The summed E-state index contributed by atoms with van der Waals surface area (Å²) >= 11 is 0. The van der Waals surface area contributed by atoms with Crippen LogP contribution in [0.1, 0.15) is 25.6 Å². The minimum absolute atomic E-state index is 0.341. The van der Waals surface area contributed by atoms with E-state index in [0.29, 0.717) is 11.7 Å². The van der Waals surface area contributed by atoms with E-state index >= 15 is 0 Å². The highest BCUT2D eigenvalue weighted by atomic mass is 15.3. The summed E-state index contributed by atoms with van der Waals surface area (Å²) in [7, 11) is 0. The number of allylic oxidation sites excluding steroid dienone is 2. The van der Waals surface area contributed by atoms with Gasteiger partial charge in [0.15, 0.2) is 0 Å². The van der Waals surface area contributed by atoms with Gasteiger partial charge in [-0.05, 0) is 19.9 Å². The zero-order chi connectivity index (χ0) is 9.84. The van der Waals surface area contributed by atoms with Crippen LogP contribution in [-0.4, -0.2) is 9.78 Å². The quantitative estimate of drug-likeness (QED) is 0.719. The van der Waals surface area contributed by atoms with Gasteiger partial charge in [0.05, 0.1) is 5.69 Å². The second-order valence-electron chi connectivity index (χ2n) is 3.14. The summed E-state index contributed by atoms with van der Waals surface area (Å²) in [5.41, 5.74) is 7.25. The number of nitrogens with zero attached hydrogens (tertiary/aromatic N) is 2. The SMILES string of the molecule is C=C/C=C\c1nn(C(C)C)cc1N. The summed E-state index contributed by atoms with van der Waals surface area (Å²) in [5.74, 6) is 0. The predicted molar refractivity (Wildman–Crippen MR) is 56.3 cm³/mol. The molecule has 70 valence electrons. The number of anilines is 1. The van der Waals surface area contributed by atoms with Crippen molar-refractivity contribution < 1.29 is 0 Å². The minimum Gasteiger partial charge on any atom is -0.396 e. The Hall–Kier alpha value is -1.51. The molecule has 1 aromatic heterocycles. The molecule has 0 unspecified atom stereocenters. The monoisotopic (exact) mass is 177 g/mol. The molecule has 2 N–H and O–H groups in total. The Labute approximate surface area is 78.6 Å². The van der Waals surface area contributed by atoms with Gasteiger partial charge in [0.25, 0.3) is 0 Å². The molecule has 0 spiro atoms. The molecule has 0 bridgehead atoms. The predicted octanol–water partition coefficient (Wildman–Crippen LogP) is 2.25. The molecule has 0 saturated heterocycles. The first-order valence-electron chi connectivity index (χ1n) is 4.29. The van der Waals surface area contributed by atoms with Crippen LogP contribution in [0.15, 0.2) is 24.9 Å². The zero-order valence-corrected chi connectivity index (χ0v) is 8.07. The third kappa shape index (κ3) is 2.21. The Kier molecular flexibility index (Phi) is 2.90. The Morgan fingerprint density at radius 3 is 2.77 bits per heavy atom. The summed E-state index contributed by atoms with van der Waals surface area (Å²) < 4.78 is 1.85. The highest BCUT2D eigenvalue weighted by Crippen LogP contribution is 2.14. The molecule has 0 amide bonds. The number of nitrogen functional groups attached to an aromatic ring is 1. The van der Waals surface area contributed by atoms with Crippen molar-refractivity contribution in [3.63, 3.8) is 0 Å². The lowest BCUT2D eigenvalue weighted by Crippen LogP contribution is -2.00. The largest absolute Gasteiger partial charge is 0.396 e. The highest BCUT2D eigenvalue weighted by molar-refractivity contribution is 5.60. The maximum Gasteiger partial charge on any atom is 0.108 e. The van der Waals surface area contributed by atoms with Crippen molar-refractivity contribution in [3.8, 4) is 0 Å². The van der Waals surface area contributed by atoms with Gasteiger partial charge in [-0.1, -0.05) is 18.7 Å². The molecule has 0 fully saturated rings. The molecule has 0 aromatic carbocycles. The van der Waals surface area contributed by atoms with E-state index in [1.807, 2.05) is 23.0 Å². The summed E-state index contributed by atoms with van der Waals surface area (Å²) in [6, 6.07) is 0.341. The maximum atomic E-state index is 5.75. The molecular formula is C10H15N3. The first-order valence-corrected chi connectivity index (χ1v) is 4.29. The van der Waals surface area contributed by atoms with Crippen LogP contribution in [0.2, 0.25) is 0 Å². The van der Waals surface area contributed by atoms with Crippen LogP contribution in [0.4, 0.5) is 5.69 Å². The van der Waals surface area contributed by atoms with E-state index in [4.69, 9.17) is 5.73 Å². The van der Waals surface area contributed by atoms with Gasteiger partial charge in [0.2, 0.25) is 0 Å². The molecule has 3 heteroatoms. The molecule has 0 aliphatic heterocycles. The Morgan fingerprint density at radius 1 is 1.62 bits per heavy atom. The lowest BCUT2D eigenvalue weighted by molar-refractivity contribution is 0.531. The van der Waals surface area contributed by atoms with Gasteiger partial charge >= 0.3 is 0 Å².